The van der Waals surface area contributed by atoms with Gasteiger partial charge in [0, 0.05) is 38.3 Å². The summed E-state index contributed by atoms with van der Waals surface area (Å²) < 4.78 is 43.3. The molecule has 0 saturated carbocycles. The SMILES string of the molecule is COc1ccc(OC)c(S(=O)(=O)N2CCN(C(=O)COc3cccc(O)c3)CC2)c1. The van der Waals surface area contributed by atoms with Gasteiger partial charge in [-0.3, -0.25) is 4.79 Å². The van der Waals surface area contributed by atoms with Crippen molar-refractivity contribution in [3.63, 3.8) is 0 Å². The van der Waals surface area contributed by atoms with Crippen LogP contribution in [0, 0.1) is 0 Å². The Morgan fingerprint density at radius 2 is 1.73 bits per heavy atom. The Balaban J connectivity index is 1.62. The van der Waals surface area contributed by atoms with Crippen LogP contribution < -0.4 is 14.2 Å². The molecule has 1 N–H and O–H groups in total. The lowest BCUT2D eigenvalue weighted by atomic mass is 10.3. The fourth-order valence-electron chi connectivity index (χ4n) is 3.11. The lowest BCUT2D eigenvalue weighted by Crippen LogP contribution is -2.51. The number of aromatic hydroxyl groups is 1. The van der Waals surface area contributed by atoms with Gasteiger partial charge in [0.2, 0.25) is 10.0 Å². The van der Waals surface area contributed by atoms with E-state index in [0.29, 0.717) is 11.5 Å². The Kier molecular flexibility index (Phi) is 6.68. The number of ether oxygens (including phenoxy) is 3. The standard InChI is InChI=1S/C20H24N2O7S/c1-27-16-6-7-18(28-2)19(13-16)30(25,26)22-10-8-21(9-11-22)20(24)14-29-17-5-3-4-15(23)12-17/h3-7,12-13,23H,8-11,14H2,1-2H3. The molecule has 0 atom stereocenters. The van der Waals surface area contributed by atoms with Crippen molar-refractivity contribution in [2.24, 2.45) is 0 Å². The number of sulfonamides is 1. The second kappa shape index (κ2) is 9.23. The van der Waals surface area contributed by atoms with Gasteiger partial charge in [-0.05, 0) is 24.3 Å². The van der Waals surface area contributed by atoms with Crippen molar-refractivity contribution < 1.29 is 32.5 Å². The summed E-state index contributed by atoms with van der Waals surface area (Å²) >= 11 is 0. The van der Waals surface area contributed by atoms with Crippen molar-refractivity contribution in [3.05, 3.63) is 42.5 Å². The lowest BCUT2D eigenvalue weighted by molar-refractivity contribution is -0.134. The Morgan fingerprint density at radius 3 is 2.37 bits per heavy atom. The van der Waals surface area contributed by atoms with Gasteiger partial charge in [-0.2, -0.15) is 4.31 Å². The van der Waals surface area contributed by atoms with E-state index in [9.17, 15) is 18.3 Å². The van der Waals surface area contributed by atoms with E-state index in [4.69, 9.17) is 14.2 Å². The second-order valence-electron chi connectivity index (χ2n) is 6.59. The van der Waals surface area contributed by atoms with E-state index in [1.54, 1.807) is 29.2 Å². The van der Waals surface area contributed by atoms with Crippen LogP contribution in [0.2, 0.25) is 0 Å². The molecule has 1 heterocycles. The van der Waals surface area contributed by atoms with Gasteiger partial charge in [-0.15, -0.1) is 0 Å². The molecule has 30 heavy (non-hydrogen) atoms. The molecule has 9 nitrogen and oxygen atoms in total. The van der Waals surface area contributed by atoms with Crippen molar-refractivity contribution in [3.8, 4) is 23.0 Å². The quantitative estimate of drug-likeness (QED) is 0.698. The maximum Gasteiger partial charge on any atom is 0.260 e. The smallest absolute Gasteiger partial charge is 0.260 e. The number of carbonyl (C=O) groups is 1. The first-order chi connectivity index (χ1) is 14.3. The Hall–Kier alpha value is -2.98. The first-order valence-corrected chi connectivity index (χ1v) is 10.7. The second-order valence-corrected chi connectivity index (χ2v) is 8.49. The van der Waals surface area contributed by atoms with Crippen molar-refractivity contribution in [2.75, 3.05) is 47.0 Å². The predicted molar refractivity (Wildman–Crippen MR) is 108 cm³/mol. The molecule has 1 aliphatic heterocycles. The molecule has 162 valence electrons. The molecule has 0 aliphatic carbocycles. The van der Waals surface area contributed by atoms with E-state index in [-0.39, 0.29) is 55.1 Å². The highest BCUT2D eigenvalue weighted by Crippen LogP contribution is 2.31. The summed E-state index contributed by atoms with van der Waals surface area (Å²) in [6, 6.07) is 10.8. The third-order valence-electron chi connectivity index (χ3n) is 4.76. The molecule has 3 rings (SSSR count). The van der Waals surface area contributed by atoms with Gasteiger partial charge < -0.3 is 24.2 Å². The molecule has 0 aromatic heterocycles. The average Bonchev–Trinajstić information content (AvgIpc) is 2.77. The maximum absolute atomic E-state index is 13.1. The molecule has 0 bridgehead atoms. The zero-order valence-electron chi connectivity index (χ0n) is 16.8. The Labute approximate surface area is 175 Å². The van der Waals surface area contributed by atoms with E-state index in [1.165, 1.54) is 36.7 Å². The molecule has 10 heteroatoms. The largest absolute Gasteiger partial charge is 0.508 e. The number of piperazine rings is 1. The van der Waals surface area contributed by atoms with Crippen LogP contribution in [0.1, 0.15) is 0 Å². The summed E-state index contributed by atoms with van der Waals surface area (Å²) in [5.74, 6) is 0.817. The summed E-state index contributed by atoms with van der Waals surface area (Å²) in [5, 5.41) is 9.44. The highest BCUT2D eigenvalue weighted by molar-refractivity contribution is 7.89. The number of amides is 1. The van der Waals surface area contributed by atoms with E-state index < -0.39 is 10.0 Å². The fraction of sp³-hybridized carbons (Fsp3) is 0.350. The van der Waals surface area contributed by atoms with Gasteiger partial charge in [0.25, 0.3) is 5.91 Å². The molecule has 1 fully saturated rings. The van der Waals surface area contributed by atoms with Crippen LogP contribution in [0.5, 0.6) is 23.0 Å². The maximum atomic E-state index is 13.1. The van der Waals surface area contributed by atoms with Crippen LogP contribution in [0.4, 0.5) is 0 Å². The number of methoxy groups -OCH3 is 2. The summed E-state index contributed by atoms with van der Waals surface area (Å²) in [6.07, 6.45) is 0. The van der Waals surface area contributed by atoms with Crippen molar-refractivity contribution in [1.82, 2.24) is 9.21 Å². The molecule has 0 radical (unpaired) electrons. The predicted octanol–water partition coefficient (Wildman–Crippen LogP) is 1.32. The van der Waals surface area contributed by atoms with Crippen LogP contribution in [0.3, 0.4) is 0 Å². The number of rotatable bonds is 7. The molecular formula is C20H24N2O7S. The number of phenols is 1. The summed E-state index contributed by atoms with van der Waals surface area (Å²) in [5.41, 5.74) is 0. The minimum Gasteiger partial charge on any atom is -0.508 e. The Morgan fingerprint density at radius 1 is 1.00 bits per heavy atom. The topological polar surface area (TPSA) is 106 Å². The highest BCUT2D eigenvalue weighted by atomic mass is 32.2. The third-order valence-corrected chi connectivity index (χ3v) is 6.68. The van der Waals surface area contributed by atoms with Crippen LogP contribution in [0.15, 0.2) is 47.4 Å². The van der Waals surface area contributed by atoms with E-state index >= 15 is 0 Å². The van der Waals surface area contributed by atoms with Gasteiger partial charge in [-0.1, -0.05) is 6.07 Å². The van der Waals surface area contributed by atoms with Crippen LogP contribution in [-0.4, -0.2) is 75.6 Å². The van der Waals surface area contributed by atoms with Crippen LogP contribution in [0.25, 0.3) is 0 Å². The van der Waals surface area contributed by atoms with E-state index in [0.717, 1.165) is 0 Å². The number of nitrogens with zero attached hydrogens (tertiary/aromatic N) is 2. The minimum absolute atomic E-state index is 0.0244. The van der Waals surface area contributed by atoms with Gasteiger partial charge in [0.05, 0.1) is 14.2 Å². The zero-order valence-corrected chi connectivity index (χ0v) is 17.6. The molecule has 1 amide bonds. The average molecular weight is 436 g/mol. The van der Waals surface area contributed by atoms with Gasteiger partial charge in [0.15, 0.2) is 6.61 Å². The summed E-state index contributed by atoms with van der Waals surface area (Å²) in [4.78, 5) is 14.0. The molecule has 1 aliphatic rings. The van der Waals surface area contributed by atoms with Gasteiger partial charge in [0.1, 0.15) is 27.9 Å². The monoisotopic (exact) mass is 436 g/mol. The van der Waals surface area contributed by atoms with Gasteiger partial charge >= 0.3 is 0 Å². The minimum atomic E-state index is -3.82. The van der Waals surface area contributed by atoms with Crippen molar-refractivity contribution in [1.29, 1.82) is 0 Å². The third kappa shape index (κ3) is 4.77. The van der Waals surface area contributed by atoms with E-state index in [2.05, 4.69) is 0 Å². The van der Waals surface area contributed by atoms with E-state index in [1.807, 2.05) is 0 Å². The van der Waals surface area contributed by atoms with Crippen LogP contribution >= 0.6 is 0 Å². The number of phenolic OH excluding ortho intramolecular Hbond substituents is 1. The molecule has 0 unspecified atom stereocenters. The number of benzene rings is 2. The highest BCUT2D eigenvalue weighted by Gasteiger charge is 2.32. The molecule has 0 spiro atoms. The lowest BCUT2D eigenvalue weighted by Gasteiger charge is -2.34. The first-order valence-electron chi connectivity index (χ1n) is 9.27. The zero-order chi connectivity index (χ0) is 21.7. The molecular weight excluding hydrogens is 412 g/mol. The van der Waals surface area contributed by atoms with Crippen molar-refractivity contribution in [2.45, 2.75) is 4.90 Å². The number of carbonyl (C=O) groups excluding carboxylic acids is 1. The number of hydrogen-bond donors (Lipinski definition) is 1. The summed E-state index contributed by atoms with van der Waals surface area (Å²) in [7, 11) is -0.949. The molecule has 1 saturated heterocycles. The summed E-state index contributed by atoms with van der Waals surface area (Å²) in [6.45, 7) is 0.600. The number of hydrogen-bond acceptors (Lipinski definition) is 7. The normalized spacial score (nSPS) is 14.9. The Bertz CT molecular complexity index is 1000. The molecule has 2 aromatic rings. The first kappa shape index (κ1) is 21.7. The van der Waals surface area contributed by atoms with Gasteiger partial charge in [-0.25, -0.2) is 8.42 Å². The fourth-order valence-corrected chi connectivity index (χ4v) is 4.71. The van der Waals surface area contributed by atoms with Crippen molar-refractivity contribution >= 4 is 15.9 Å². The molecule has 2 aromatic carbocycles. The van der Waals surface area contributed by atoms with Crippen LogP contribution in [-0.2, 0) is 14.8 Å².